The molecule has 0 radical (unpaired) electrons. The van der Waals surface area contributed by atoms with E-state index < -0.39 is 5.91 Å². The van der Waals surface area contributed by atoms with Crippen molar-refractivity contribution in [3.05, 3.63) is 57.6 Å². The maximum absolute atomic E-state index is 12.4. The van der Waals surface area contributed by atoms with E-state index in [2.05, 4.69) is 11.2 Å². The summed E-state index contributed by atoms with van der Waals surface area (Å²) in [5.41, 5.74) is 0.764. The van der Waals surface area contributed by atoms with Crippen LogP contribution >= 0.6 is 23.2 Å². The van der Waals surface area contributed by atoms with Gasteiger partial charge in [-0.05, 0) is 35.9 Å². The quantitative estimate of drug-likeness (QED) is 0.438. The molecule has 27 heavy (non-hydrogen) atoms. The monoisotopic (exact) mass is 400 g/mol. The van der Waals surface area contributed by atoms with Crippen LogP contribution in [0.1, 0.15) is 5.56 Å². The molecule has 7 heteroatoms. The van der Waals surface area contributed by atoms with Gasteiger partial charge in [-0.2, -0.15) is 5.26 Å². The van der Waals surface area contributed by atoms with E-state index in [0.717, 1.165) is 0 Å². The zero-order valence-corrected chi connectivity index (χ0v) is 15.8. The molecule has 0 saturated carbocycles. The van der Waals surface area contributed by atoms with Gasteiger partial charge in [0, 0.05) is 0 Å². The third kappa shape index (κ3) is 5.18. The number of nitriles is 1. The summed E-state index contributed by atoms with van der Waals surface area (Å²) in [5.74, 6) is 2.63. The first-order valence-corrected chi connectivity index (χ1v) is 8.37. The molecule has 2 aromatic rings. The van der Waals surface area contributed by atoms with Gasteiger partial charge in [0.25, 0.3) is 5.91 Å². The van der Waals surface area contributed by atoms with Crippen molar-refractivity contribution < 1.29 is 14.3 Å². The molecule has 1 N–H and O–H groups in total. The van der Waals surface area contributed by atoms with Gasteiger partial charge < -0.3 is 14.8 Å². The minimum Gasteiger partial charge on any atom is -0.493 e. The van der Waals surface area contributed by atoms with E-state index >= 15 is 0 Å². The van der Waals surface area contributed by atoms with Crippen LogP contribution in [0, 0.1) is 23.7 Å². The molecular formula is C20H14Cl2N2O3. The highest BCUT2D eigenvalue weighted by atomic mass is 35.5. The molecule has 1 amide bonds. The van der Waals surface area contributed by atoms with Gasteiger partial charge in [0.05, 0.1) is 22.8 Å². The Morgan fingerprint density at radius 1 is 1.30 bits per heavy atom. The fourth-order valence-electron chi connectivity index (χ4n) is 2.12. The molecular weight excluding hydrogens is 387 g/mol. The van der Waals surface area contributed by atoms with Crippen molar-refractivity contribution in [2.45, 2.75) is 0 Å². The number of ether oxygens (including phenoxy) is 2. The fourth-order valence-corrected chi connectivity index (χ4v) is 2.47. The molecule has 0 saturated heterocycles. The molecule has 0 spiro atoms. The Bertz CT molecular complexity index is 972. The van der Waals surface area contributed by atoms with Crippen molar-refractivity contribution in [1.82, 2.24) is 0 Å². The van der Waals surface area contributed by atoms with Crippen LogP contribution in [0.4, 0.5) is 5.69 Å². The third-order valence-corrected chi connectivity index (χ3v) is 4.19. The van der Waals surface area contributed by atoms with Crippen molar-refractivity contribution in [3.63, 3.8) is 0 Å². The van der Waals surface area contributed by atoms with Gasteiger partial charge in [0.15, 0.2) is 11.5 Å². The number of benzene rings is 2. The standard InChI is InChI=1S/C20H14Cl2N2O3/c1-3-9-27-17-8-7-13(11-18(17)26-2)10-14(12-23)20(25)24-16-6-4-5-15(21)19(16)22/h1,4-8,10-11H,9H2,2H3,(H,24,25)/b14-10-. The van der Waals surface area contributed by atoms with Crippen molar-refractivity contribution in [2.75, 3.05) is 19.0 Å². The highest BCUT2D eigenvalue weighted by Crippen LogP contribution is 2.31. The van der Waals surface area contributed by atoms with Crippen LogP contribution < -0.4 is 14.8 Å². The number of carbonyl (C=O) groups excluding carboxylic acids is 1. The van der Waals surface area contributed by atoms with Gasteiger partial charge in [-0.25, -0.2) is 0 Å². The smallest absolute Gasteiger partial charge is 0.266 e. The second kappa shape index (κ2) is 9.54. The minimum atomic E-state index is -0.617. The molecule has 0 atom stereocenters. The molecule has 2 aromatic carbocycles. The highest BCUT2D eigenvalue weighted by Gasteiger charge is 2.13. The lowest BCUT2D eigenvalue weighted by Crippen LogP contribution is -2.13. The summed E-state index contributed by atoms with van der Waals surface area (Å²) in [6.45, 7) is 0.0950. The van der Waals surface area contributed by atoms with Crippen molar-refractivity contribution >= 4 is 40.9 Å². The van der Waals surface area contributed by atoms with Crippen LogP contribution in [0.2, 0.25) is 10.0 Å². The second-order valence-electron chi connectivity index (χ2n) is 5.13. The summed E-state index contributed by atoms with van der Waals surface area (Å²) in [7, 11) is 1.48. The lowest BCUT2D eigenvalue weighted by Gasteiger charge is -2.10. The van der Waals surface area contributed by atoms with Crippen molar-refractivity contribution in [2.24, 2.45) is 0 Å². The molecule has 5 nitrogen and oxygen atoms in total. The number of halogens is 2. The lowest BCUT2D eigenvalue weighted by atomic mass is 10.1. The highest BCUT2D eigenvalue weighted by molar-refractivity contribution is 6.44. The number of anilines is 1. The van der Waals surface area contributed by atoms with Gasteiger partial charge in [-0.1, -0.05) is 41.3 Å². The molecule has 0 aliphatic heterocycles. The van der Waals surface area contributed by atoms with Crippen LogP contribution in [0.25, 0.3) is 6.08 Å². The first kappa shape index (κ1) is 20.2. The molecule has 0 unspecified atom stereocenters. The third-order valence-electron chi connectivity index (χ3n) is 3.37. The molecule has 2 rings (SSSR count). The number of methoxy groups -OCH3 is 1. The van der Waals surface area contributed by atoms with E-state index in [1.807, 2.05) is 6.07 Å². The van der Waals surface area contributed by atoms with E-state index in [1.165, 1.54) is 13.2 Å². The first-order chi connectivity index (χ1) is 13.0. The summed E-state index contributed by atoms with van der Waals surface area (Å²) in [4.78, 5) is 12.4. The summed E-state index contributed by atoms with van der Waals surface area (Å²) < 4.78 is 10.6. The minimum absolute atomic E-state index is 0.0950. The van der Waals surface area contributed by atoms with E-state index in [1.54, 1.807) is 36.4 Å². The number of terminal acetylenes is 1. The van der Waals surface area contributed by atoms with Gasteiger partial charge in [-0.3, -0.25) is 4.79 Å². The molecule has 0 aliphatic rings. The van der Waals surface area contributed by atoms with Crippen molar-refractivity contribution in [3.8, 4) is 29.9 Å². The SMILES string of the molecule is C#CCOc1ccc(/C=C(/C#N)C(=O)Nc2cccc(Cl)c2Cl)cc1OC. The predicted molar refractivity (Wildman–Crippen MR) is 106 cm³/mol. The van der Waals surface area contributed by atoms with Gasteiger partial charge in [-0.15, -0.1) is 6.42 Å². The number of hydrogen-bond donors (Lipinski definition) is 1. The normalized spacial score (nSPS) is 10.5. The Labute approximate surface area is 167 Å². The number of hydrogen-bond acceptors (Lipinski definition) is 4. The van der Waals surface area contributed by atoms with E-state index in [9.17, 15) is 10.1 Å². The maximum atomic E-state index is 12.4. The summed E-state index contributed by atoms with van der Waals surface area (Å²) >= 11 is 12.0. The van der Waals surface area contributed by atoms with E-state index in [0.29, 0.717) is 27.8 Å². The zero-order valence-electron chi connectivity index (χ0n) is 14.3. The summed E-state index contributed by atoms with van der Waals surface area (Å²) in [5, 5.41) is 12.4. The predicted octanol–water partition coefficient (Wildman–Crippen LogP) is 4.56. The van der Waals surface area contributed by atoms with Crippen LogP contribution in [-0.2, 0) is 4.79 Å². The van der Waals surface area contributed by atoms with Crippen LogP contribution in [-0.4, -0.2) is 19.6 Å². The Kier molecular flexibility index (Phi) is 7.14. The maximum Gasteiger partial charge on any atom is 0.266 e. The summed E-state index contributed by atoms with van der Waals surface area (Å²) in [6.07, 6.45) is 6.59. The number of carbonyl (C=O) groups is 1. The molecule has 0 fully saturated rings. The summed E-state index contributed by atoms with van der Waals surface area (Å²) in [6, 6.07) is 11.6. The lowest BCUT2D eigenvalue weighted by molar-refractivity contribution is -0.112. The molecule has 0 aromatic heterocycles. The molecule has 0 aliphatic carbocycles. The number of rotatable bonds is 6. The van der Waals surface area contributed by atoms with E-state index in [4.69, 9.17) is 39.1 Å². The molecule has 136 valence electrons. The van der Waals surface area contributed by atoms with Crippen LogP contribution in [0.15, 0.2) is 42.0 Å². The zero-order chi connectivity index (χ0) is 19.8. The first-order valence-electron chi connectivity index (χ1n) is 7.61. The molecule has 0 bridgehead atoms. The number of nitrogens with one attached hydrogen (secondary N) is 1. The van der Waals surface area contributed by atoms with Crippen molar-refractivity contribution in [1.29, 1.82) is 5.26 Å². The van der Waals surface area contributed by atoms with E-state index in [-0.39, 0.29) is 17.2 Å². The largest absolute Gasteiger partial charge is 0.493 e. The second-order valence-corrected chi connectivity index (χ2v) is 5.91. The number of amides is 1. The Morgan fingerprint density at radius 3 is 2.74 bits per heavy atom. The Morgan fingerprint density at radius 2 is 2.07 bits per heavy atom. The fraction of sp³-hybridized carbons (Fsp3) is 0.100. The average Bonchev–Trinajstić information content (AvgIpc) is 2.68. The van der Waals surface area contributed by atoms with Crippen LogP contribution in [0.3, 0.4) is 0 Å². The van der Waals surface area contributed by atoms with Gasteiger partial charge in [0.1, 0.15) is 18.2 Å². The average molecular weight is 401 g/mol. The molecule has 0 heterocycles. The topological polar surface area (TPSA) is 71.3 Å². The Balaban J connectivity index is 2.27. The Hall–Kier alpha value is -3.12. The number of nitrogens with zero attached hydrogens (tertiary/aromatic N) is 1. The van der Waals surface area contributed by atoms with Crippen LogP contribution in [0.5, 0.6) is 11.5 Å². The van der Waals surface area contributed by atoms with Gasteiger partial charge >= 0.3 is 0 Å². The van der Waals surface area contributed by atoms with Gasteiger partial charge in [0.2, 0.25) is 0 Å².